The van der Waals surface area contributed by atoms with Gasteiger partial charge < -0.3 is 0 Å². The van der Waals surface area contributed by atoms with Crippen LogP contribution in [-0.2, 0) is 0 Å². The highest BCUT2D eigenvalue weighted by atomic mass is 32.2. The zero-order valence-electron chi connectivity index (χ0n) is 8.23. The lowest BCUT2D eigenvalue weighted by atomic mass is 9.94. The van der Waals surface area contributed by atoms with Gasteiger partial charge in [-0.25, -0.2) is 0 Å². The Morgan fingerprint density at radius 2 is 2.14 bits per heavy atom. The monoisotopic (exact) mass is 205 g/mol. The molecule has 0 aromatic rings. The summed E-state index contributed by atoms with van der Waals surface area (Å²) >= 11 is 2.13. The molecule has 1 aliphatic heterocycles. The molecule has 3 aliphatic rings. The maximum atomic E-state index is 4.88. The summed E-state index contributed by atoms with van der Waals surface area (Å²) < 4.78 is 0. The van der Waals surface area contributed by atoms with E-state index in [1.54, 1.807) is 0 Å². The minimum Gasteiger partial charge on any atom is -0.284 e. The molecule has 0 amide bonds. The van der Waals surface area contributed by atoms with Crippen LogP contribution in [0.3, 0.4) is 0 Å². The quantitative estimate of drug-likeness (QED) is 0.592. The van der Waals surface area contributed by atoms with Crippen LogP contribution in [0.5, 0.6) is 0 Å². The van der Waals surface area contributed by atoms with Gasteiger partial charge in [0.2, 0.25) is 0 Å². The van der Waals surface area contributed by atoms with Gasteiger partial charge in [0, 0.05) is 5.25 Å². The number of allylic oxidation sites excluding steroid dienone is 3. The molecule has 3 unspecified atom stereocenters. The normalized spacial score (nSPS) is 40.0. The van der Waals surface area contributed by atoms with Gasteiger partial charge in [0.1, 0.15) is 0 Å². The molecule has 0 spiro atoms. The Bertz CT molecular complexity index is 316. The van der Waals surface area contributed by atoms with Crippen molar-refractivity contribution >= 4 is 17.5 Å². The molecular formula is C12H15NS. The van der Waals surface area contributed by atoms with Crippen molar-refractivity contribution in [2.45, 2.75) is 42.2 Å². The summed E-state index contributed by atoms with van der Waals surface area (Å²) in [6.45, 7) is 0. The molecule has 1 fully saturated rings. The summed E-state index contributed by atoms with van der Waals surface area (Å²) in [5.41, 5.74) is 1.31. The second-order valence-corrected chi connectivity index (χ2v) is 5.63. The lowest BCUT2D eigenvalue weighted by Gasteiger charge is -2.36. The van der Waals surface area contributed by atoms with Crippen LogP contribution in [0.2, 0.25) is 0 Å². The number of rotatable bonds is 0. The predicted molar refractivity (Wildman–Crippen MR) is 63.1 cm³/mol. The van der Waals surface area contributed by atoms with Crippen LogP contribution in [0, 0.1) is 0 Å². The van der Waals surface area contributed by atoms with Crippen molar-refractivity contribution in [2.75, 3.05) is 0 Å². The molecule has 2 heteroatoms. The summed E-state index contributed by atoms with van der Waals surface area (Å²) in [4.78, 5) is 4.88. The number of fused-ring (bicyclic) bond motifs is 2. The zero-order valence-corrected chi connectivity index (χ0v) is 9.04. The van der Waals surface area contributed by atoms with E-state index in [0.29, 0.717) is 11.3 Å². The number of hydrogen-bond acceptors (Lipinski definition) is 2. The highest BCUT2D eigenvalue weighted by Gasteiger charge is 2.33. The van der Waals surface area contributed by atoms with Gasteiger partial charge in [0.25, 0.3) is 0 Å². The van der Waals surface area contributed by atoms with Crippen molar-refractivity contribution < 1.29 is 0 Å². The first-order chi connectivity index (χ1) is 6.93. The van der Waals surface area contributed by atoms with Crippen molar-refractivity contribution in [3.8, 4) is 0 Å². The van der Waals surface area contributed by atoms with Crippen LogP contribution in [-0.4, -0.2) is 22.3 Å². The first-order valence-electron chi connectivity index (χ1n) is 5.51. The lowest BCUT2D eigenvalue weighted by Crippen LogP contribution is -2.35. The molecule has 0 bridgehead atoms. The van der Waals surface area contributed by atoms with Crippen LogP contribution < -0.4 is 0 Å². The molecule has 2 aliphatic carbocycles. The number of aliphatic imine (C=N–C) groups is 1. The number of nitrogens with zero attached hydrogens (tertiary/aromatic N) is 1. The van der Waals surface area contributed by atoms with Crippen LogP contribution in [0.15, 0.2) is 29.3 Å². The molecule has 1 nitrogen and oxygen atoms in total. The fourth-order valence-electron chi connectivity index (χ4n) is 2.51. The van der Waals surface area contributed by atoms with Gasteiger partial charge in [0.15, 0.2) is 0 Å². The van der Waals surface area contributed by atoms with E-state index in [2.05, 4.69) is 36.1 Å². The van der Waals surface area contributed by atoms with Gasteiger partial charge in [-0.05, 0) is 18.9 Å². The van der Waals surface area contributed by atoms with Crippen LogP contribution in [0.1, 0.15) is 25.7 Å². The molecule has 74 valence electrons. The average Bonchev–Trinajstić information content (AvgIpc) is 2.26. The number of hydrogen-bond donors (Lipinski definition) is 0. The lowest BCUT2D eigenvalue weighted by molar-refractivity contribution is 0.452. The van der Waals surface area contributed by atoms with E-state index in [-0.39, 0.29) is 0 Å². The second-order valence-electron chi connectivity index (χ2n) is 4.24. The highest BCUT2D eigenvalue weighted by molar-refractivity contribution is 8.01. The van der Waals surface area contributed by atoms with Crippen LogP contribution in [0.4, 0.5) is 0 Å². The first-order valence-corrected chi connectivity index (χ1v) is 6.46. The minimum absolute atomic E-state index is 0.555. The summed E-state index contributed by atoms with van der Waals surface area (Å²) in [5.74, 6) is 0. The van der Waals surface area contributed by atoms with Crippen molar-refractivity contribution in [1.82, 2.24) is 0 Å². The third-order valence-electron chi connectivity index (χ3n) is 3.26. The molecule has 3 atom stereocenters. The van der Waals surface area contributed by atoms with E-state index in [0.717, 1.165) is 5.25 Å². The van der Waals surface area contributed by atoms with Crippen LogP contribution in [0.25, 0.3) is 0 Å². The van der Waals surface area contributed by atoms with Crippen molar-refractivity contribution in [3.05, 3.63) is 24.3 Å². The SMILES string of the molecule is C1=CC2=NC3CCCCC3SC2C=C1. The van der Waals surface area contributed by atoms with Gasteiger partial charge in [-0.1, -0.05) is 31.1 Å². The van der Waals surface area contributed by atoms with E-state index < -0.39 is 0 Å². The molecule has 0 radical (unpaired) electrons. The Balaban J connectivity index is 1.88. The Kier molecular flexibility index (Phi) is 2.24. The number of thioether (sulfide) groups is 1. The van der Waals surface area contributed by atoms with Gasteiger partial charge in [-0.3, -0.25) is 4.99 Å². The first kappa shape index (κ1) is 8.78. The smallest absolute Gasteiger partial charge is 0.0652 e. The van der Waals surface area contributed by atoms with Crippen LogP contribution >= 0.6 is 11.8 Å². The zero-order chi connectivity index (χ0) is 9.38. The Hall–Kier alpha value is -0.500. The summed E-state index contributed by atoms with van der Waals surface area (Å²) in [5, 5.41) is 1.35. The van der Waals surface area contributed by atoms with Crippen molar-refractivity contribution in [1.29, 1.82) is 0 Å². The molecule has 3 rings (SSSR count). The Labute approximate surface area is 89.4 Å². The third kappa shape index (κ3) is 1.46. The van der Waals surface area contributed by atoms with Gasteiger partial charge in [0.05, 0.1) is 17.0 Å². The Morgan fingerprint density at radius 1 is 1.21 bits per heavy atom. The Morgan fingerprint density at radius 3 is 3.14 bits per heavy atom. The predicted octanol–water partition coefficient (Wildman–Crippen LogP) is 2.98. The minimum atomic E-state index is 0.555. The molecule has 14 heavy (non-hydrogen) atoms. The van der Waals surface area contributed by atoms with E-state index in [4.69, 9.17) is 4.99 Å². The topological polar surface area (TPSA) is 12.4 Å². The summed E-state index contributed by atoms with van der Waals surface area (Å²) in [6.07, 6.45) is 14.2. The highest BCUT2D eigenvalue weighted by Crippen LogP contribution is 2.38. The van der Waals surface area contributed by atoms with Gasteiger partial charge in [-0.15, -0.1) is 11.8 Å². The van der Waals surface area contributed by atoms with E-state index in [9.17, 15) is 0 Å². The molecule has 1 saturated carbocycles. The maximum absolute atomic E-state index is 4.88. The fraction of sp³-hybridized carbons (Fsp3) is 0.583. The fourth-order valence-corrected chi connectivity index (χ4v) is 4.03. The second kappa shape index (κ2) is 3.58. The van der Waals surface area contributed by atoms with Gasteiger partial charge in [-0.2, -0.15) is 0 Å². The summed E-state index contributed by atoms with van der Waals surface area (Å²) in [7, 11) is 0. The molecule has 0 aromatic carbocycles. The van der Waals surface area contributed by atoms with Gasteiger partial charge >= 0.3 is 0 Å². The average molecular weight is 205 g/mol. The molecule has 0 saturated heterocycles. The van der Waals surface area contributed by atoms with Crippen molar-refractivity contribution in [2.24, 2.45) is 4.99 Å². The standard InChI is InChI=1S/C12H15NS/c1-3-7-11-9(5-1)13-10-6-2-4-8-12(10)14-11/h1,3,5,7,10-12H,2,4,6,8H2. The van der Waals surface area contributed by atoms with E-state index in [1.165, 1.54) is 31.4 Å². The largest absolute Gasteiger partial charge is 0.284 e. The maximum Gasteiger partial charge on any atom is 0.0652 e. The molecule has 0 aromatic heterocycles. The van der Waals surface area contributed by atoms with Crippen molar-refractivity contribution in [3.63, 3.8) is 0 Å². The summed E-state index contributed by atoms with van der Waals surface area (Å²) in [6, 6.07) is 0.621. The van der Waals surface area contributed by atoms with E-state index >= 15 is 0 Å². The molecule has 0 N–H and O–H groups in total. The molecule has 1 heterocycles. The molecular weight excluding hydrogens is 190 g/mol. The van der Waals surface area contributed by atoms with E-state index in [1.807, 2.05) is 0 Å². The third-order valence-corrected chi connectivity index (χ3v) is 4.85.